The van der Waals surface area contributed by atoms with Gasteiger partial charge in [0.05, 0.1) is 6.42 Å². The molecule has 0 radical (unpaired) electrons. The van der Waals surface area contributed by atoms with Gasteiger partial charge >= 0.3 is 12.1 Å². The van der Waals surface area contributed by atoms with E-state index in [4.69, 9.17) is 5.11 Å². The van der Waals surface area contributed by atoms with Crippen molar-refractivity contribution < 1.29 is 27.9 Å². The van der Waals surface area contributed by atoms with E-state index in [1.165, 1.54) is 0 Å². The molecule has 0 spiro atoms. The van der Waals surface area contributed by atoms with Crippen LogP contribution in [0.3, 0.4) is 0 Å². The number of nitrogens with zero attached hydrogens (tertiary/aromatic N) is 1. The topological polar surface area (TPSA) is 57.6 Å². The summed E-state index contributed by atoms with van der Waals surface area (Å²) in [4.78, 5) is 23.1. The molecule has 0 aliphatic carbocycles. The molecule has 0 saturated carbocycles. The molecule has 1 aliphatic heterocycles. The minimum absolute atomic E-state index is 0.230. The molecule has 0 aromatic rings. The molecular formula is C9H12F3NO3. The fraction of sp³-hybridized carbons (Fsp3) is 0.778. The van der Waals surface area contributed by atoms with Crippen LogP contribution < -0.4 is 0 Å². The lowest BCUT2D eigenvalue weighted by Gasteiger charge is -2.21. The van der Waals surface area contributed by atoms with Gasteiger partial charge in [0.1, 0.15) is 6.04 Å². The summed E-state index contributed by atoms with van der Waals surface area (Å²) in [5.74, 6) is -1.89. The van der Waals surface area contributed by atoms with Crippen molar-refractivity contribution in [3.05, 3.63) is 0 Å². The fourth-order valence-corrected chi connectivity index (χ4v) is 1.71. The second-order valence-electron chi connectivity index (χ2n) is 3.70. The lowest BCUT2D eigenvalue weighted by molar-refractivity contribution is -0.154. The van der Waals surface area contributed by atoms with E-state index in [1.54, 1.807) is 0 Å². The van der Waals surface area contributed by atoms with E-state index in [0.717, 1.165) is 4.90 Å². The second-order valence-corrected chi connectivity index (χ2v) is 3.70. The first-order chi connectivity index (χ1) is 7.31. The number of halogens is 3. The molecule has 1 aliphatic rings. The Hall–Kier alpha value is -1.27. The van der Waals surface area contributed by atoms with Gasteiger partial charge in [0.15, 0.2) is 0 Å². The number of aliphatic carboxylic acids is 1. The number of carbonyl (C=O) groups is 2. The maximum absolute atomic E-state index is 11.9. The summed E-state index contributed by atoms with van der Waals surface area (Å²) in [7, 11) is 0. The Kier molecular flexibility index (Phi) is 3.77. The maximum Gasteiger partial charge on any atom is 0.389 e. The van der Waals surface area contributed by atoms with Crippen LogP contribution in [0.4, 0.5) is 13.2 Å². The number of carboxylic acid groups (broad SMARTS) is 1. The van der Waals surface area contributed by atoms with Crippen molar-refractivity contribution in [2.75, 3.05) is 6.54 Å². The summed E-state index contributed by atoms with van der Waals surface area (Å²) in [6.07, 6.45) is -5.42. The molecule has 1 rings (SSSR count). The largest absolute Gasteiger partial charge is 0.480 e. The fourth-order valence-electron chi connectivity index (χ4n) is 1.71. The number of hydrogen-bond donors (Lipinski definition) is 1. The smallest absolute Gasteiger partial charge is 0.389 e. The molecule has 7 heteroatoms. The summed E-state index contributed by atoms with van der Waals surface area (Å²) >= 11 is 0. The highest BCUT2D eigenvalue weighted by molar-refractivity contribution is 5.84. The van der Waals surface area contributed by atoms with Gasteiger partial charge in [-0.2, -0.15) is 13.2 Å². The van der Waals surface area contributed by atoms with Crippen molar-refractivity contribution in [3.8, 4) is 0 Å². The van der Waals surface area contributed by atoms with E-state index in [1.807, 2.05) is 0 Å². The van der Waals surface area contributed by atoms with Crippen LogP contribution >= 0.6 is 0 Å². The van der Waals surface area contributed by atoms with E-state index in [9.17, 15) is 22.8 Å². The Balaban J connectivity index is 2.50. The second kappa shape index (κ2) is 4.71. The number of hydrogen-bond acceptors (Lipinski definition) is 2. The molecule has 1 amide bonds. The van der Waals surface area contributed by atoms with Gasteiger partial charge in [-0.1, -0.05) is 0 Å². The number of carboxylic acids is 1. The molecule has 0 aromatic carbocycles. The van der Waals surface area contributed by atoms with Gasteiger partial charge in [0.25, 0.3) is 0 Å². The minimum atomic E-state index is -4.38. The molecule has 4 nitrogen and oxygen atoms in total. The molecule has 0 bridgehead atoms. The van der Waals surface area contributed by atoms with Gasteiger partial charge in [-0.25, -0.2) is 4.79 Å². The normalized spacial score (nSPS) is 21.2. The third-order valence-electron chi connectivity index (χ3n) is 2.48. The summed E-state index contributed by atoms with van der Waals surface area (Å²) in [6.45, 7) is 0.230. The third-order valence-corrected chi connectivity index (χ3v) is 2.48. The first-order valence-corrected chi connectivity index (χ1v) is 4.90. The van der Waals surface area contributed by atoms with Gasteiger partial charge in [-0.3, -0.25) is 4.79 Å². The van der Waals surface area contributed by atoms with Crippen LogP contribution in [-0.2, 0) is 9.59 Å². The molecule has 1 N–H and O–H groups in total. The van der Waals surface area contributed by atoms with Crippen molar-refractivity contribution in [1.29, 1.82) is 0 Å². The van der Waals surface area contributed by atoms with Crippen LogP contribution in [0.1, 0.15) is 25.7 Å². The number of likely N-dealkylation sites (tertiary alicyclic amines) is 1. The third kappa shape index (κ3) is 3.39. The zero-order chi connectivity index (χ0) is 12.3. The monoisotopic (exact) mass is 239 g/mol. The van der Waals surface area contributed by atoms with Crippen molar-refractivity contribution >= 4 is 11.9 Å². The summed E-state index contributed by atoms with van der Waals surface area (Å²) in [5.41, 5.74) is 0. The molecular weight excluding hydrogens is 227 g/mol. The number of alkyl halides is 3. The number of amides is 1. The molecule has 0 aromatic heterocycles. The quantitative estimate of drug-likeness (QED) is 0.810. The summed E-state index contributed by atoms with van der Waals surface area (Å²) < 4.78 is 35.6. The standard InChI is InChI=1S/C9H12F3NO3/c10-9(11,12)4-3-7(14)13-5-1-2-6(13)8(15)16/h6H,1-5H2,(H,15,16). The van der Waals surface area contributed by atoms with Crippen molar-refractivity contribution in [3.63, 3.8) is 0 Å². The van der Waals surface area contributed by atoms with E-state index >= 15 is 0 Å². The Morgan fingerprint density at radius 2 is 2.00 bits per heavy atom. The van der Waals surface area contributed by atoms with E-state index in [0.29, 0.717) is 12.8 Å². The van der Waals surface area contributed by atoms with Gasteiger partial charge in [-0.15, -0.1) is 0 Å². The molecule has 16 heavy (non-hydrogen) atoms. The van der Waals surface area contributed by atoms with Gasteiger partial charge < -0.3 is 10.0 Å². The van der Waals surface area contributed by atoms with Crippen LogP contribution in [0.2, 0.25) is 0 Å². The Bertz CT molecular complexity index is 290. The lowest BCUT2D eigenvalue weighted by Crippen LogP contribution is -2.40. The van der Waals surface area contributed by atoms with Crippen LogP contribution in [0.25, 0.3) is 0 Å². The van der Waals surface area contributed by atoms with Crippen molar-refractivity contribution in [1.82, 2.24) is 4.90 Å². The molecule has 1 atom stereocenters. The Labute approximate surface area is 90.0 Å². The highest BCUT2D eigenvalue weighted by atomic mass is 19.4. The van der Waals surface area contributed by atoms with Gasteiger partial charge in [0.2, 0.25) is 5.91 Å². The van der Waals surface area contributed by atoms with E-state index in [2.05, 4.69) is 0 Å². The average Bonchev–Trinajstić information content (AvgIpc) is 2.61. The summed E-state index contributed by atoms with van der Waals surface area (Å²) in [5, 5.41) is 8.74. The van der Waals surface area contributed by atoms with Crippen LogP contribution in [0, 0.1) is 0 Å². The van der Waals surface area contributed by atoms with E-state index < -0.39 is 36.9 Å². The highest BCUT2D eigenvalue weighted by Crippen LogP contribution is 2.24. The molecule has 1 heterocycles. The van der Waals surface area contributed by atoms with E-state index in [-0.39, 0.29) is 6.54 Å². The van der Waals surface area contributed by atoms with Crippen molar-refractivity contribution in [2.24, 2.45) is 0 Å². The van der Waals surface area contributed by atoms with Crippen LogP contribution in [0.5, 0.6) is 0 Å². The predicted octanol–water partition coefficient (Wildman–Crippen LogP) is 1.40. The van der Waals surface area contributed by atoms with Gasteiger partial charge in [0, 0.05) is 13.0 Å². The first-order valence-electron chi connectivity index (χ1n) is 4.90. The Morgan fingerprint density at radius 3 is 2.50 bits per heavy atom. The Morgan fingerprint density at radius 1 is 1.38 bits per heavy atom. The SMILES string of the molecule is O=C(O)C1CCCN1C(=O)CCC(F)(F)F. The van der Waals surface area contributed by atoms with Crippen LogP contribution in [0.15, 0.2) is 0 Å². The highest BCUT2D eigenvalue weighted by Gasteiger charge is 2.35. The summed E-state index contributed by atoms with van der Waals surface area (Å²) in [6, 6.07) is -0.958. The predicted molar refractivity (Wildman–Crippen MR) is 47.7 cm³/mol. The zero-order valence-electron chi connectivity index (χ0n) is 8.46. The molecule has 1 fully saturated rings. The number of rotatable bonds is 3. The zero-order valence-corrected chi connectivity index (χ0v) is 8.46. The lowest BCUT2D eigenvalue weighted by atomic mass is 10.2. The van der Waals surface area contributed by atoms with Gasteiger partial charge in [-0.05, 0) is 12.8 Å². The van der Waals surface area contributed by atoms with Crippen LogP contribution in [-0.4, -0.2) is 40.6 Å². The molecule has 1 saturated heterocycles. The number of carbonyl (C=O) groups excluding carboxylic acids is 1. The first kappa shape index (κ1) is 12.8. The minimum Gasteiger partial charge on any atom is -0.480 e. The molecule has 92 valence electrons. The van der Waals surface area contributed by atoms with Crippen molar-refractivity contribution in [2.45, 2.75) is 37.9 Å². The molecule has 1 unspecified atom stereocenters. The maximum atomic E-state index is 11.9. The average molecular weight is 239 g/mol.